The lowest BCUT2D eigenvalue weighted by Crippen LogP contribution is -2.33. The number of nitrogen functional groups attached to an aromatic ring is 1. The molecule has 1 saturated heterocycles. The van der Waals surface area contributed by atoms with E-state index in [0.717, 1.165) is 0 Å². The summed E-state index contributed by atoms with van der Waals surface area (Å²) in [6.45, 7) is -0.384. The molecular weight excluding hydrogens is 302 g/mol. The number of benzene rings is 1. The van der Waals surface area contributed by atoms with Gasteiger partial charge in [-0.3, -0.25) is 0 Å². The molecule has 120 valence electrons. The molecule has 3 aromatic rings. The summed E-state index contributed by atoms with van der Waals surface area (Å²) in [7, 11) is 0. The van der Waals surface area contributed by atoms with Crippen LogP contribution in [-0.4, -0.2) is 59.8 Å². The summed E-state index contributed by atoms with van der Waals surface area (Å²) in [5, 5.41) is 29.9. The van der Waals surface area contributed by atoms with Crippen LogP contribution < -0.4 is 5.73 Å². The van der Waals surface area contributed by atoms with Gasteiger partial charge in [0.25, 0.3) is 0 Å². The van der Waals surface area contributed by atoms with Crippen LogP contribution in [0.1, 0.15) is 6.23 Å². The molecular formula is C14H15N5O4. The van der Waals surface area contributed by atoms with Crippen molar-refractivity contribution in [1.29, 1.82) is 0 Å². The third-order valence-electron chi connectivity index (χ3n) is 4.15. The van der Waals surface area contributed by atoms with Crippen molar-refractivity contribution in [3.8, 4) is 0 Å². The summed E-state index contributed by atoms with van der Waals surface area (Å²) in [5.74, 6) is 0.339. The number of aliphatic hydroxyl groups is 3. The van der Waals surface area contributed by atoms with Crippen molar-refractivity contribution in [3.63, 3.8) is 0 Å². The lowest BCUT2D eigenvalue weighted by Gasteiger charge is -2.17. The largest absolute Gasteiger partial charge is 0.394 e. The first-order valence-electron chi connectivity index (χ1n) is 7.09. The lowest BCUT2D eigenvalue weighted by molar-refractivity contribution is -0.0508. The number of rotatable bonds is 2. The molecule has 1 aromatic carbocycles. The van der Waals surface area contributed by atoms with E-state index in [1.54, 1.807) is 16.7 Å². The number of aliphatic hydroxyl groups excluding tert-OH is 3. The smallest absolute Gasteiger partial charge is 0.164 e. The van der Waals surface area contributed by atoms with Gasteiger partial charge < -0.3 is 30.4 Å². The highest BCUT2D eigenvalue weighted by molar-refractivity contribution is 5.97. The molecule has 0 aliphatic carbocycles. The molecule has 1 fully saturated rings. The fourth-order valence-electron chi connectivity index (χ4n) is 2.91. The van der Waals surface area contributed by atoms with Crippen LogP contribution in [-0.2, 0) is 4.74 Å². The van der Waals surface area contributed by atoms with Crippen LogP contribution >= 0.6 is 0 Å². The first-order chi connectivity index (χ1) is 11.1. The van der Waals surface area contributed by atoms with Gasteiger partial charge in [0.2, 0.25) is 0 Å². The van der Waals surface area contributed by atoms with E-state index in [0.29, 0.717) is 27.8 Å². The summed E-state index contributed by atoms with van der Waals surface area (Å²) in [5.41, 5.74) is 7.85. The summed E-state index contributed by atoms with van der Waals surface area (Å²) in [6.07, 6.45) is -1.15. The van der Waals surface area contributed by atoms with E-state index in [-0.39, 0.29) is 6.61 Å². The molecule has 5 N–H and O–H groups in total. The van der Waals surface area contributed by atoms with E-state index < -0.39 is 24.5 Å². The molecule has 4 rings (SSSR count). The Morgan fingerprint density at radius 3 is 2.70 bits per heavy atom. The standard InChI is InChI=1S/C14H15N5O4/c15-13-6-1-9-8(2-7(6)16-4-17-13)18-5-19(9)14-12(22)11(21)10(3-20)23-14/h1-2,4-5,10-12,14,20-22H,3H2,(H2,15,16,17)/t10-,11+,12+,14-/m0/s1. The predicted octanol–water partition coefficient (Wildman–Crippen LogP) is -0.827. The Kier molecular flexibility index (Phi) is 3.16. The van der Waals surface area contributed by atoms with E-state index in [2.05, 4.69) is 15.0 Å². The fourth-order valence-corrected chi connectivity index (χ4v) is 2.91. The van der Waals surface area contributed by atoms with Gasteiger partial charge >= 0.3 is 0 Å². The quantitative estimate of drug-likeness (QED) is 0.480. The number of ether oxygens (including phenoxy) is 1. The zero-order valence-electron chi connectivity index (χ0n) is 11.9. The number of anilines is 1. The molecule has 0 unspecified atom stereocenters. The van der Waals surface area contributed by atoms with Crippen molar-refractivity contribution < 1.29 is 20.1 Å². The third kappa shape index (κ3) is 2.05. The van der Waals surface area contributed by atoms with Crippen molar-refractivity contribution in [3.05, 3.63) is 24.8 Å². The van der Waals surface area contributed by atoms with Crippen molar-refractivity contribution in [2.24, 2.45) is 0 Å². The molecule has 2 aromatic heterocycles. The maximum Gasteiger partial charge on any atom is 0.164 e. The van der Waals surface area contributed by atoms with Crippen LogP contribution in [0.15, 0.2) is 24.8 Å². The zero-order chi connectivity index (χ0) is 16.1. The van der Waals surface area contributed by atoms with Crippen molar-refractivity contribution in [2.45, 2.75) is 24.5 Å². The predicted molar refractivity (Wildman–Crippen MR) is 80.3 cm³/mol. The van der Waals surface area contributed by atoms with Crippen LogP contribution in [0.3, 0.4) is 0 Å². The number of nitrogens with zero attached hydrogens (tertiary/aromatic N) is 4. The highest BCUT2D eigenvalue weighted by Crippen LogP contribution is 2.33. The first-order valence-corrected chi connectivity index (χ1v) is 7.09. The Balaban J connectivity index is 1.86. The van der Waals surface area contributed by atoms with Gasteiger partial charge in [-0.05, 0) is 12.1 Å². The molecule has 1 aliphatic heterocycles. The van der Waals surface area contributed by atoms with Crippen molar-refractivity contribution in [1.82, 2.24) is 19.5 Å². The summed E-state index contributed by atoms with van der Waals surface area (Å²) in [6, 6.07) is 3.53. The van der Waals surface area contributed by atoms with E-state index >= 15 is 0 Å². The zero-order valence-corrected chi connectivity index (χ0v) is 11.9. The Labute approximate surface area is 130 Å². The second-order valence-electron chi connectivity index (χ2n) is 5.50. The topological polar surface area (TPSA) is 140 Å². The summed E-state index contributed by atoms with van der Waals surface area (Å²) in [4.78, 5) is 12.4. The van der Waals surface area contributed by atoms with E-state index in [1.807, 2.05) is 0 Å². The molecule has 9 heteroatoms. The number of aromatic nitrogens is 4. The molecule has 0 spiro atoms. The number of fused-ring (bicyclic) bond motifs is 2. The maximum atomic E-state index is 10.2. The molecule has 3 heterocycles. The number of hydrogen-bond donors (Lipinski definition) is 4. The fraction of sp³-hybridized carbons (Fsp3) is 0.357. The number of nitrogens with two attached hydrogens (primary N) is 1. The Morgan fingerprint density at radius 2 is 1.96 bits per heavy atom. The molecule has 0 amide bonds. The Morgan fingerprint density at radius 1 is 1.13 bits per heavy atom. The van der Waals surface area contributed by atoms with E-state index in [9.17, 15) is 15.3 Å². The Bertz CT molecular complexity index is 882. The van der Waals surface area contributed by atoms with Crippen LogP contribution in [0, 0.1) is 0 Å². The summed E-state index contributed by atoms with van der Waals surface area (Å²) >= 11 is 0. The van der Waals surface area contributed by atoms with Gasteiger partial charge in [-0.1, -0.05) is 0 Å². The molecule has 23 heavy (non-hydrogen) atoms. The van der Waals surface area contributed by atoms with Gasteiger partial charge in [0.1, 0.15) is 30.5 Å². The van der Waals surface area contributed by atoms with Crippen molar-refractivity contribution >= 4 is 27.8 Å². The second-order valence-corrected chi connectivity index (χ2v) is 5.50. The normalized spacial score (nSPS) is 28.0. The van der Waals surface area contributed by atoms with E-state index in [4.69, 9.17) is 10.5 Å². The van der Waals surface area contributed by atoms with Gasteiger partial charge in [-0.15, -0.1) is 0 Å². The average Bonchev–Trinajstić information content (AvgIpc) is 3.08. The molecule has 0 saturated carbocycles. The molecule has 1 aliphatic rings. The van der Waals surface area contributed by atoms with Crippen LogP contribution in [0.2, 0.25) is 0 Å². The first kappa shape index (κ1) is 14.3. The molecule has 4 atom stereocenters. The third-order valence-corrected chi connectivity index (χ3v) is 4.15. The van der Waals surface area contributed by atoms with Gasteiger partial charge in [0.15, 0.2) is 6.23 Å². The minimum Gasteiger partial charge on any atom is -0.394 e. The van der Waals surface area contributed by atoms with Crippen LogP contribution in [0.5, 0.6) is 0 Å². The lowest BCUT2D eigenvalue weighted by atomic mass is 10.1. The monoisotopic (exact) mass is 317 g/mol. The minimum absolute atomic E-state index is 0.339. The SMILES string of the molecule is Nc1ncnc2cc3ncn([C@H]4O[C@@H](CO)[C@@H](O)[C@H]4O)c3cc12. The molecule has 9 nitrogen and oxygen atoms in total. The summed E-state index contributed by atoms with van der Waals surface area (Å²) < 4.78 is 7.14. The molecule has 0 bridgehead atoms. The van der Waals surface area contributed by atoms with Gasteiger partial charge in [-0.25, -0.2) is 15.0 Å². The second kappa shape index (κ2) is 5.10. The number of hydrogen-bond acceptors (Lipinski definition) is 8. The maximum absolute atomic E-state index is 10.2. The Hall–Kier alpha value is -2.33. The average molecular weight is 317 g/mol. The van der Waals surface area contributed by atoms with Crippen LogP contribution in [0.4, 0.5) is 5.82 Å². The van der Waals surface area contributed by atoms with Crippen molar-refractivity contribution in [2.75, 3.05) is 12.3 Å². The molecule has 0 radical (unpaired) electrons. The van der Waals surface area contributed by atoms with Gasteiger partial charge in [-0.2, -0.15) is 0 Å². The van der Waals surface area contributed by atoms with Gasteiger partial charge in [0, 0.05) is 5.39 Å². The number of imidazole rings is 1. The minimum atomic E-state index is -1.18. The highest BCUT2D eigenvalue weighted by Gasteiger charge is 2.43. The van der Waals surface area contributed by atoms with Gasteiger partial charge in [0.05, 0.1) is 29.5 Å². The highest BCUT2D eigenvalue weighted by atomic mass is 16.6. The van der Waals surface area contributed by atoms with Crippen LogP contribution in [0.25, 0.3) is 21.9 Å². The van der Waals surface area contributed by atoms with E-state index in [1.165, 1.54) is 12.7 Å².